The maximum atomic E-state index is 11.9. The maximum Gasteiger partial charge on any atom is 0.326 e. The molecule has 4 amide bonds. The van der Waals surface area contributed by atoms with Crippen LogP contribution in [0.5, 0.6) is 5.75 Å². The predicted molar refractivity (Wildman–Crippen MR) is 78.6 cm³/mol. The molecule has 0 spiro atoms. The van der Waals surface area contributed by atoms with E-state index in [2.05, 4.69) is 5.32 Å². The van der Waals surface area contributed by atoms with Gasteiger partial charge in [0, 0.05) is 5.56 Å². The van der Waals surface area contributed by atoms with Crippen molar-refractivity contribution in [1.29, 1.82) is 0 Å². The third kappa shape index (κ3) is 6.04. The molecule has 9 heteroatoms. The summed E-state index contributed by atoms with van der Waals surface area (Å²) >= 11 is 0. The average molecular weight is 323 g/mol. The minimum absolute atomic E-state index is 0.302. The molecule has 0 aliphatic heterocycles. The number of carbonyl (C=O) groups is 4. The predicted octanol–water partition coefficient (Wildman–Crippen LogP) is -0.448. The lowest BCUT2D eigenvalue weighted by Crippen LogP contribution is -2.43. The second-order valence-electron chi connectivity index (χ2n) is 4.40. The molecule has 23 heavy (non-hydrogen) atoms. The first-order valence-corrected chi connectivity index (χ1v) is 6.55. The number of nitrogens with two attached hydrogens (primary N) is 1. The Bertz CT molecular complexity index is 616. The molecule has 0 aliphatic carbocycles. The third-order valence-corrected chi connectivity index (χ3v) is 2.65. The average Bonchev–Trinajstić information content (AvgIpc) is 2.51. The molecule has 0 radical (unpaired) electrons. The Hall–Kier alpha value is -3.10. The van der Waals surface area contributed by atoms with Gasteiger partial charge in [0.15, 0.2) is 6.10 Å². The molecule has 1 aromatic carbocycles. The van der Waals surface area contributed by atoms with Gasteiger partial charge in [0.2, 0.25) is 0 Å². The van der Waals surface area contributed by atoms with Crippen molar-refractivity contribution in [3.8, 4) is 5.75 Å². The Balaban J connectivity index is 2.47. The van der Waals surface area contributed by atoms with Gasteiger partial charge in [0.05, 0.1) is 7.11 Å². The van der Waals surface area contributed by atoms with E-state index in [0.29, 0.717) is 11.3 Å². The Morgan fingerprint density at radius 1 is 1.26 bits per heavy atom. The summed E-state index contributed by atoms with van der Waals surface area (Å²) < 4.78 is 9.73. The van der Waals surface area contributed by atoms with Gasteiger partial charge >= 0.3 is 12.0 Å². The number of methoxy groups -OCH3 is 1. The van der Waals surface area contributed by atoms with E-state index in [1.807, 2.05) is 0 Å². The number of amides is 4. The highest BCUT2D eigenvalue weighted by molar-refractivity contribution is 5.98. The normalized spacial score (nSPS) is 11.0. The van der Waals surface area contributed by atoms with E-state index in [1.165, 1.54) is 20.1 Å². The number of urea groups is 1. The number of primary amides is 1. The van der Waals surface area contributed by atoms with Crippen LogP contribution in [0.4, 0.5) is 4.79 Å². The number of nitrogens with one attached hydrogen (secondary N) is 2. The smallest absolute Gasteiger partial charge is 0.326 e. The standard InChI is InChI=1S/C14H17N3O6/c1-8(12(19)17-14(15)21)23-11(18)7-16-13(20)9-4-3-5-10(6-9)22-2/h3-6,8H,7H2,1-2H3,(H,16,20)(H3,15,17,19,21)/t8-/m1/s1. The van der Waals surface area contributed by atoms with Crippen molar-refractivity contribution >= 4 is 23.8 Å². The van der Waals surface area contributed by atoms with E-state index in [4.69, 9.17) is 15.2 Å². The Labute approximate surface area is 132 Å². The van der Waals surface area contributed by atoms with Crippen molar-refractivity contribution in [1.82, 2.24) is 10.6 Å². The van der Waals surface area contributed by atoms with Crippen molar-refractivity contribution in [2.75, 3.05) is 13.7 Å². The molecule has 0 saturated heterocycles. The largest absolute Gasteiger partial charge is 0.497 e. The molecular weight excluding hydrogens is 306 g/mol. The molecule has 0 heterocycles. The highest BCUT2D eigenvalue weighted by Crippen LogP contribution is 2.12. The van der Waals surface area contributed by atoms with Gasteiger partial charge in [0.1, 0.15) is 12.3 Å². The first-order chi connectivity index (χ1) is 10.8. The molecule has 9 nitrogen and oxygen atoms in total. The highest BCUT2D eigenvalue weighted by Gasteiger charge is 2.19. The number of ether oxygens (including phenoxy) is 2. The summed E-state index contributed by atoms with van der Waals surface area (Å²) in [5, 5.41) is 4.12. The molecule has 4 N–H and O–H groups in total. The fourth-order valence-electron chi connectivity index (χ4n) is 1.53. The Morgan fingerprint density at radius 2 is 1.96 bits per heavy atom. The molecule has 1 aromatic rings. The molecule has 0 aromatic heterocycles. The maximum absolute atomic E-state index is 11.9. The van der Waals surface area contributed by atoms with Crippen LogP contribution >= 0.6 is 0 Å². The first kappa shape index (κ1) is 18.0. The summed E-state index contributed by atoms with van der Waals surface area (Å²) in [6.07, 6.45) is -1.22. The number of hydrogen-bond acceptors (Lipinski definition) is 6. The van der Waals surface area contributed by atoms with Crippen LogP contribution in [0.1, 0.15) is 17.3 Å². The van der Waals surface area contributed by atoms with Crippen LogP contribution in [0.3, 0.4) is 0 Å². The quantitative estimate of drug-likeness (QED) is 0.607. The summed E-state index contributed by atoms with van der Waals surface area (Å²) in [6, 6.07) is 5.30. The van der Waals surface area contributed by atoms with Crippen LogP contribution in [0.25, 0.3) is 0 Å². The molecule has 0 aliphatic rings. The second kappa shape index (κ2) is 8.37. The summed E-state index contributed by atoms with van der Waals surface area (Å²) in [5.74, 6) is -1.70. The van der Waals surface area contributed by atoms with Crippen molar-refractivity contribution in [3.05, 3.63) is 29.8 Å². The lowest BCUT2D eigenvalue weighted by atomic mass is 10.2. The topological polar surface area (TPSA) is 137 Å². The van der Waals surface area contributed by atoms with E-state index in [-0.39, 0.29) is 0 Å². The van der Waals surface area contributed by atoms with Crippen LogP contribution in [-0.2, 0) is 14.3 Å². The van der Waals surface area contributed by atoms with Gasteiger partial charge in [-0.1, -0.05) is 6.07 Å². The van der Waals surface area contributed by atoms with Gasteiger partial charge in [-0.2, -0.15) is 0 Å². The Morgan fingerprint density at radius 3 is 2.57 bits per heavy atom. The summed E-state index contributed by atoms with van der Waals surface area (Å²) in [6.45, 7) is 0.824. The molecule has 0 bridgehead atoms. The van der Waals surface area contributed by atoms with Crippen molar-refractivity contribution in [3.63, 3.8) is 0 Å². The van der Waals surface area contributed by atoms with E-state index in [0.717, 1.165) is 0 Å². The Kier molecular flexibility index (Phi) is 6.53. The number of benzene rings is 1. The van der Waals surface area contributed by atoms with Crippen LogP contribution < -0.4 is 21.1 Å². The lowest BCUT2D eigenvalue weighted by molar-refractivity contribution is -0.153. The number of carbonyl (C=O) groups excluding carboxylic acids is 4. The summed E-state index contributed by atoms with van der Waals surface area (Å²) in [7, 11) is 1.47. The zero-order valence-electron chi connectivity index (χ0n) is 12.6. The number of rotatable bonds is 6. The van der Waals surface area contributed by atoms with Gasteiger partial charge in [0.25, 0.3) is 11.8 Å². The van der Waals surface area contributed by atoms with Crippen molar-refractivity contribution < 1.29 is 28.7 Å². The molecule has 124 valence electrons. The molecule has 0 fully saturated rings. The highest BCUT2D eigenvalue weighted by atomic mass is 16.5. The third-order valence-electron chi connectivity index (χ3n) is 2.65. The van der Waals surface area contributed by atoms with E-state index < -0.39 is 36.5 Å². The SMILES string of the molecule is COc1cccc(C(=O)NCC(=O)O[C@H](C)C(=O)NC(N)=O)c1. The molecule has 1 rings (SSSR count). The van der Waals surface area contributed by atoms with Crippen LogP contribution in [0, 0.1) is 0 Å². The second-order valence-corrected chi connectivity index (χ2v) is 4.40. The fraction of sp³-hybridized carbons (Fsp3) is 0.286. The van der Waals surface area contributed by atoms with E-state index >= 15 is 0 Å². The van der Waals surface area contributed by atoms with Crippen LogP contribution in [0.15, 0.2) is 24.3 Å². The van der Waals surface area contributed by atoms with Crippen molar-refractivity contribution in [2.45, 2.75) is 13.0 Å². The van der Waals surface area contributed by atoms with Crippen molar-refractivity contribution in [2.24, 2.45) is 5.73 Å². The van der Waals surface area contributed by atoms with Gasteiger partial charge < -0.3 is 20.5 Å². The monoisotopic (exact) mass is 323 g/mol. The summed E-state index contributed by atoms with van der Waals surface area (Å²) in [5.41, 5.74) is 5.07. The van der Waals surface area contributed by atoms with E-state index in [9.17, 15) is 19.2 Å². The number of imide groups is 1. The summed E-state index contributed by atoms with van der Waals surface area (Å²) in [4.78, 5) is 45.2. The number of hydrogen-bond donors (Lipinski definition) is 3. The van der Waals surface area contributed by atoms with Gasteiger partial charge in [-0.25, -0.2) is 4.79 Å². The molecule has 0 saturated carbocycles. The minimum Gasteiger partial charge on any atom is -0.497 e. The fourth-order valence-corrected chi connectivity index (χ4v) is 1.53. The van der Waals surface area contributed by atoms with Gasteiger partial charge in [-0.05, 0) is 25.1 Å². The number of esters is 1. The van der Waals surface area contributed by atoms with Crippen LogP contribution in [-0.4, -0.2) is 43.6 Å². The minimum atomic E-state index is -1.22. The zero-order valence-corrected chi connectivity index (χ0v) is 12.6. The zero-order chi connectivity index (χ0) is 17.4. The van der Waals surface area contributed by atoms with Gasteiger partial charge in [-0.3, -0.25) is 19.7 Å². The molecular formula is C14H17N3O6. The first-order valence-electron chi connectivity index (χ1n) is 6.55. The van der Waals surface area contributed by atoms with E-state index in [1.54, 1.807) is 23.5 Å². The lowest BCUT2D eigenvalue weighted by Gasteiger charge is -2.12. The van der Waals surface area contributed by atoms with Crippen LogP contribution in [0.2, 0.25) is 0 Å². The molecule has 1 atom stereocenters. The van der Waals surface area contributed by atoms with Gasteiger partial charge in [-0.15, -0.1) is 0 Å². The molecule has 0 unspecified atom stereocenters.